The van der Waals surface area contributed by atoms with Crippen molar-refractivity contribution in [3.63, 3.8) is 0 Å². The van der Waals surface area contributed by atoms with Gasteiger partial charge in [-0.3, -0.25) is 4.79 Å². The van der Waals surface area contributed by atoms with Gasteiger partial charge in [0.2, 0.25) is 0 Å². The highest BCUT2D eigenvalue weighted by molar-refractivity contribution is 7.17. The highest BCUT2D eigenvalue weighted by Gasteiger charge is 2.33. The molecule has 5 heteroatoms. The zero-order chi connectivity index (χ0) is 15.8. The van der Waals surface area contributed by atoms with Gasteiger partial charge in [0, 0.05) is 35.3 Å². The summed E-state index contributed by atoms with van der Waals surface area (Å²) in [5, 5.41) is 3.21. The third-order valence-corrected chi connectivity index (χ3v) is 5.97. The summed E-state index contributed by atoms with van der Waals surface area (Å²) in [7, 11) is 0. The number of benzene rings is 1. The second kappa shape index (κ2) is 5.98. The summed E-state index contributed by atoms with van der Waals surface area (Å²) >= 11 is 1.51. The lowest BCUT2D eigenvalue weighted by Gasteiger charge is -2.30. The monoisotopic (exact) mass is 327 g/mol. The molecule has 2 aromatic rings. The van der Waals surface area contributed by atoms with E-state index in [0.29, 0.717) is 0 Å². The lowest BCUT2D eigenvalue weighted by atomic mass is 9.97. The second-order valence-electron chi connectivity index (χ2n) is 6.57. The van der Waals surface area contributed by atoms with Crippen molar-refractivity contribution in [2.45, 2.75) is 18.9 Å². The zero-order valence-corrected chi connectivity index (χ0v) is 13.8. The molecule has 2 saturated heterocycles. The summed E-state index contributed by atoms with van der Waals surface area (Å²) < 4.78 is 0. The third kappa shape index (κ3) is 2.99. The first-order valence-corrected chi connectivity index (χ1v) is 8.98. The maximum absolute atomic E-state index is 12.5. The molecule has 0 aliphatic carbocycles. The number of nitrogens with zero attached hydrogens (tertiary/aromatic N) is 1. The third-order valence-electron chi connectivity index (χ3n) is 4.86. The highest BCUT2D eigenvalue weighted by Crippen LogP contribution is 2.32. The van der Waals surface area contributed by atoms with Crippen LogP contribution in [0.4, 0.5) is 5.69 Å². The van der Waals surface area contributed by atoms with Crippen LogP contribution in [0.2, 0.25) is 0 Å². The van der Waals surface area contributed by atoms with Crippen molar-refractivity contribution in [1.82, 2.24) is 10.2 Å². The fourth-order valence-electron chi connectivity index (χ4n) is 3.75. The van der Waals surface area contributed by atoms with E-state index in [1.165, 1.54) is 30.8 Å². The van der Waals surface area contributed by atoms with Gasteiger partial charge in [0.25, 0.3) is 5.91 Å². The number of anilines is 1. The number of nitrogen functional groups attached to an aromatic ring is 1. The predicted octanol–water partition coefficient (Wildman–Crippen LogP) is 2.82. The molecule has 2 aliphatic heterocycles. The van der Waals surface area contributed by atoms with Crippen LogP contribution in [0.25, 0.3) is 10.4 Å². The first kappa shape index (κ1) is 14.7. The van der Waals surface area contributed by atoms with Crippen molar-refractivity contribution >= 4 is 22.9 Å². The van der Waals surface area contributed by atoms with E-state index in [1.54, 1.807) is 0 Å². The Morgan fingerprint density at radius 3 is 2.91 bits per heavy atom. The molecule has 0 spiro atoms. The molecule has 0 saturated carbocycles. The molecule has 4 nitrogen and oxygen atoms in total. The van der Waals surface area contributed by atoms with E-state index in [1.807, 2.05) is 36.4 Å². The van der Waals surface area contributed by atoms with Gasteiger partial charge in [0.15, 0.2) is 0 Å². The smallest absolute Gasteiger partial charge is 0.261 e. The molecule has 2 aliphatic rings. The van der Waals surface area contributed by atoms with Gasteiger partial charge in [-0.05, 0) is 43.5 Å². The van der Waals surface area contributed by atoms with Crippen LogP contribution in [-0.4, -0.2) is 36.5 Å². The topological polar surface area (TPSA) is 58.4 Å². The van der Waals surface area contributed by atoms with E-state index in [9.17, 15) is 4.79 Å². The van der Waals surface area contributed by atoms with E-state index in [-0.39, 0.29) is 11.9 Å². The molecule has 1 amide bonds. The molecule has 0 radical (unpaired) electrons. The molecule has 1 aromatic heterocycles. The van der Waals surface area contributed by atoms with E-state index in [2.05, 4.69) is 10.2 Å². The number of hydrogen-bond donors (Lipinski definition) is 2. The number of hydrogen-bond acceptors (Lipinski definition) is 4. The van der Waals surface area contributed by atoms with E-state index in [4.69, 9.17) is 5.73 Å². The number of nitrogens with two attached hydrogens (primary N) is 1. The quantitative estimate of drug-likeness (QED) is 0.852. The number of para-hydroxylation sites is 1. The maximum atomic E-state index is 12.5. The molecule has 3 N–H and O–H groups in total. The second-order valence-corrected chi connectivity index (χ2v) is 7.66. The van der Waals surface area contributed by atoms with Crippen LogP contribution in [-0.2, 0) is 0 Å². The van der Waals surface area contributed by atoms with Crippen molar-refractivity contribution in [2.24, 2.45) is 5.92 Å². The fraction of sp³-hybridized carbons (Fsp3) is 0.389. The average Bonchev–Trinajstić information content (AvgIpc) is 3.15. The van der Waals surface area contributed by atoms with Gasteiger partial charge in [0.1, 0.15) is 0 Å². The lowest BCUT2D eigenvalue weighted by Crippen LogP contribution is -2.46. The van der Waals surface area contributed by atoms with E-state index >= 15 is 0 Å². The Morgan fingerprint density at radius 1 is 1.22 bits per heavy atom. The molecule has 1 unspecified atom stereocenters. The number of amides is 1. The Kier molecular flexibility index (Phi) is 3.83. The molecular weight excluding hydrogens is 306 g/mol. The van der Waals surface area contributed by atoms with Crippen molar-refractivity contribution < 1.29 is 4.79 Å². The lowest BCUT2D eigenvalue weighted by molar-refractivity contribution is 0.0913. The molecule has 120 valence electrons. The van der Waals surface area contributed by atoms with E-state index in [0.717, 1.165) is 39.9 Å². The Labute approximate surface area is 140 Å². The van der Waals surface area contributed by atoms with Gasteiger partial charge in [-0.1, -0.05) is 18.2 Å². The number of rotatable bonds is 3. The van der Waals surface area contributed by atoms with Crippen molar-refractivity contribution in [3.8, 4) is 10.4 Å². The predicted molar refractivity (Wildman–Crippen MR) is 94.6 cm³/mol. The van der Waals surface area contributed by atoms with Crippen molar-refractivity contribution in [3.05, 3.63) is 41.3 Å². The van der Waals surface area contributed by atoms with Crippen molar-refractivity contribution in [2.75, 3.05) is 25.4 Å². The van der Waals surface area contributed by atoms with Gasteiger partial charge in [-0.25, -0.2) is 0 Å². The molecule has 2 fully saturated rings. The van der Waals surface area contributed by atoms with Crippen LogP contribution in [0.1, 0.15) is 22.5 Å². The van der Waals surface area contributed by atoms with Crippen LogP contribution in [0.5, 0.6) is 0 Å². The molecule has 3 atom stereocenters. The average molecular weight is 327 g/mol. The van der Waals surface area contributed by atoms with Gasteiger partial charge < -0.3 is 16.0 Å². The molecule has 23 heavy (non-hydrogen) atoms. The minimum Gasteiger partial charge on any atom is -0.398 e. The summed E-state index contributed by atoms with van der Waals surface area (Å²) in [6.07, 6.45) is 2.40. The summed E-state index contributed by atoms with van der Waals surface area (Å²) in [5.41, 5.74) is 7.77. The van der Waals surface area contributed by atoms with Gasteiger partial charge in [-0.15, -0.1) is 11.3 Å². The molecular formula is C18H21N3OS. The van der Waals surface area contributed by atoms with Crippen LogP contribution in [0.3, 0.4) is 0 Å². The van der Waals surface area contributed by atoms with Crippen LogP contribution in [0, 0.1) is 5.92 Å². The Hall–Kier alpha value is -1.85. The summed E-state index contributed by atoms with van der Waals surface area (Å²) in [4.78, 5) is 16.8. The summed E-state index contributed by atoms with van der Waals surface area (Å²) in [6.45, 7) is 3.39. The Morgan fingerprint density at radius 2 is 2.09 bits per heavy atom. The number of nitrogens with one attached hydrogen (secondary N) is 1. The molecule has 2 bridgehead atoms. The number of piperidine rings is 1. The molecule has 3 heterocycles. The summed E-state index contributed by atoms with van der Waals surface area (Å²) in [5.74, 6) is 0.806. The van der Waals surface area contributed by atoms with Gasteiger partial charge in [0.05, 0.1) is 4.88 Å². The Balaban J connectivity index is 1.46. The molecule has 1 aromatic carbocycles. The van der Waals surface area contributed by atoms with Crippen LogP contribution >= 0.6 is 11.3 Å². The minimum absolute atomic E-state index is 0.0447. The standard InChI is InChI=1S/C18H21N3OS/c19-15-4-2-1-3-14(15)16-5-6-17(23-16)18(22)20-13-9-12-7-8-21(10-12)11-13/h1-6,12-13H,7-11,19H2,(H,20,22)/t12-,13+/m0/s1. The number of carbonyl (C=O) groups is 1. The van der Waals surface area contributed by atoms with Crippen molar-refractivity contribution in [1.29, 1.82) is 0 Å². The van der Waals surface area contributed by atoms with Crippen LogP contribution in [0.15, 0.2) is 36.4 Å². The first-order valence-electron chi connectivity index (χ1n) is 8.17. The van der Waals surface area contributed by atoms with Gasteiger partial charge in [-0.2, -0.15) is 0 Å². The number of thiophene rings is 1. The van der Waals surface area contributed by atoms with Crippen LogP contribution < -0.4 is 11.1 Å². The molecule has 4 rings (SSSR count). The largest absolute Gasteiger partial charge is 0.398 e. The van der Waals surface area contributed by atoms with E-state index < -0.39 is 0 Å². The fourth-order valence-corrected chi connectivity index (χ4v) is 4.70. The minimum atomic E-state index is 0.0447. The number of fused-ring (bicyclic) bond motifs is 2. The highest BCUT2D eigenvalue weighted by atomic mass is 32.1. The summed E-state index contributed by atoms with van der Waals surface area (Å²) in [6, 6.07) is 12.0. The Bertz CT molecular complexity index is 715. The normalized spacial score (nSPS) is 26.2. The zero-order valence-electron chi connectivity index (χ0n) is 13.0. The SMILES string of the molecule is Nc1ccccc1-c1ccc(C(=O)N[C@@H]2C[C@@H]3CCN(C3)C2)s1. The van der Waals surface area contributed by atoms with Gasteiger partial charge >= 0.3 is 0 Å². The maximum Gasteiger partial charge on any atom is 0.261 e. The number of carbonyl (C=O) groups excluding carboxylic acids is 1. The first-order chi connectivity index (χ1) is 11.2.